The molecular formula is C28H40O9. The number of rotatable bonds is 8. The number of fused-ring (bicyclic) bond motifs is 2. The third kappa shape index (κ3) is 4.47. The van der Waals surface area contributed by atoms with Gasteiger partial charge in [0.1, 0.15) is 0 Å². The molecule has 6 rings (SSSR count). The fourth-order valence-electron chi connectivity index (χ4n) is 7.04. The zero-order valence-electron chi connectivity index (χ0n) is 22.7. The van der Waals surface area contributed by atoms with Crippen molar-refractivity contribution in [1.29, 1.82) is 0 Å². The highest BCUT2D eigenvalue weighted by atomic mass is 17.3. The topological polar surface area (TPSA) is 90.9 Å². The lowest BCUT2D eigenvalue weighted by Gasteiger charge is -2.60. The van der Waals surface area contributed by atoms with Crippen molar-refractivity contribution in [3.8, 4) is 17.2 Å². The predicted octanol–water partition coefficient (Wildman–Crippen LogP) is 4.90. The molecule has 5 aliphatic rings. The number of carbonyl (C=O) groups excluding carboxylic acids is 1. The van der Waals surface area contributed by atoms with E-state index in [1.54, 1.807) is 12.1 Å². The Bertz CT molecular complexity index is 973. The minimum Gasteiger partial charge on any atom is -0.493 e. The van der Waals surface area contributed by atoms with E-state index in [1.165, 1.54) is 27.8 Å². The molecule has 4 heterocycles. The Morgan fingerprint density at radius 3 is 2.41 bits per heavy atom. The van der Waals surface area contributed by atoms with Crippen LogP contribution in [0, 0.1) is 23.7 Å². The van der Waals surface area contributed by atoms with E-state index in [1.807, 2.05) is 6.92 Å². The fourth-order valence-corrected chi connectivity index (χ4v) is 7.04. The molecule has 0 N–H and O–H groups in total. The molecule has 206 valence electrons. The second kappa shape index (κ2) is 10.2. The summed E-state index contributed by atoms with van der Waals surface area (Å²) in [7, 11) is 4.55. The number of esters is 1. The van der Waals surface area contributed by atoms with Crippen molar-refractivity contribution in [2.45, 2.75) is 83.1 Å². The van der Waals surface area contributed by atoms with Gasteiger partial charge >= 0.3 is 5.97 Å². The maximum absolute atomic E-state index is 12.8. The van der Waals surface area contributed by atoms with Gasteiger partial charge in [-0.3, -0.25) is 0 Å². The average molecular weight is 521 g/mol. The minimum absolute atomic E-state index is 0.0129. The van der Waals surface area contributed by atoms with E-state index in [4.69, 9.17) is 38.2 Å². The highest BCUT2D eigenvalue weighted by Crippen LogP contribution is 2.60. The lowest BCUT2D eigenvalue weighted by molar-refractivity contribution is -0.571. The van der Waals surface area contributed by atoms with Crippen LogP contribution in [0.5, 0.6) is 17.2 Å². The molecule has 8 atom stereocenters. The lowest BCUT2D eigenvalue weighted by Crippen LogP contribution is -2.70. The molecule has 5 fully saturated rings. The first-order valence-corrected chi connectivity index (χ1v) is 13.4. The van der Waals surface area contributed by atoms with Gasteiger partial charge < -0.3 is 28.4 Å². The summed E-state index contributed by atoms with van der Waals surface area (Å²) in [4.78, 5) is 24.9. The quantitative estimate of drug-likeness (QED) is 0.270. The van der Waals surface area contributed by atoms with Crippen molar-refractivity contribution in [3.63, 3.8) is 0 Å². The summed E-state index contributed by atoms with van der Waals surface area (Å²) in [5.74, 6) is 1.47. The predicted molar refractivity (Wildman–Crippen MR) is 132 cm³/mol. The van der Waals surface area contributed by atoms with Crippen LogP contribution in [0.3, 0.4) is 0 Å². The molecule has 4 aliphatic heterocycles. The Morgan fingerprint density at radius 2 is 1.73 bits per heavy atom. The number of benzene rings is 1. The van der Waals surface area contributed by atoms with Crippen molar-refractivity contribution < 1.29 is 43.0 Å². The molecule has 2 unspecified atom stereocenters. The van der Waals surface area contributed by atoms with Gasteiger partial charge in [0.2, 0.25) is 11.5 Å². The zero-order valence-corrected chi connectivity index (χ0v) is 22.7. The first-order chi connectivity index (χ1) is 17.8. The van der Waals surface area contributed by atoms with Crippen LogP contribution in [0.15, 0.2) is 12.1 Å². The molecule has 0 aromatic heterocycles. The summed E-state index contributed by atoms with van der Waals surface area (Å²) in [6, 6.07) is 3.19. The van der Waals surface area contributed by atoms with Gasteiger partial charge in [0, 0.05) is 12.3 Å². The SMILES string of the molecule is COc1cc(C(=O)OCCC[C@H]2OC3OC4(C)CC[C@H]5[C@H](C)CC[C@@H]([C@H]2C)[C@@]35OO4)cc(OC)c1OC. The molecule has 0 radical (unpaired) electrons. The Hall–Kier alpha value is -2.07. The second-order valence-electron chi connectivity index (χ2n) is 11.1. The monoisotopic (exact) mass is 520 g/mol. The molecule has 1 saturated carbocycles. The summed E-state index contributed by atoms with van der Waals surface area (Å²) in [6.07, 6.45) is 5.02. The van der Waals surface area contributed by atoms with Crippen LogP contribution in [0.2, 0.25) is 0 Å². The van der Waals surface area contributed by atoms with Gasteiger partial charge in [-0.15, -0.1) is 0 Å². The van der Waals surface area contributed by atoms with Gasteiger partial charge in [-0.05, 0) is 68.9 Å². The van der Waals surface area contributed by atoms with E-state index in [2.05, 4.69) is 13.8 Å². The van der Waals surface area contributed by atoms with Gasteiger partial charge in [0.15, 0.2) is 23.4 Å². The maximum atomic E-state index is 12.8. The summed E-state index contributed by atoms with van der Waals surface area (Å²) in [5.41, 5.74) is -0.211. The first-order valence-electron chi connectivity index (χ1n) is 13.4. The molecule has 37 heavy (non-hydrogen) atoms. The third-order valence-electron chi connectivity index (χ3n) is 9.06. The van der Waals surface area contributed by atoms with Gasteiger partial charge in [-0.2, -0.15) is 0 Å². The van der Waals surface area contributed by atoms with Crippen LogP contribution in [-0.4, -0.2) is 57.7 Å². The molecular weight excluding hydrogens is 480 g/mol. The number of methoxy groups -OCH3 is 3. The van der Waals surface area contributed by atoms with Crippen LogP contribution in [-0.2, 0) is 24.0 Å². The van der Waals surface area contributed by atoms with Gasteiger partial charge in [0.05, 0.1) is 39.6 Å². The van der Waals surface area contributed by atoms with Crippen molar-refractivity contribution in [2.75, 3.05) is 27.9 Å². The number of carbonyl (C=O) groups is 1. The van der Waals surface area contributed by atoms with Crippen molar-refractivity contribution in [2.24, 2.45) is 23.7 Å². The number of ether oxygens (including phenoxy) is 6. The molecule has 2 bridgehead atoms. The van der Waals surface area contributed by atoms with Crippen molar-refractivity contribution in [3.05, 3.63) is 17.7 Å². The maximum Gasteiger partial charge on any atom is 0.338 e. The molecule has 1 spiro atoms. The van der Waals surface area contributed by atoms with Crippen LogP contribution in [0.1, 0.15) is 69.7 Å². The van der Waals surface area contributed by atoms with E-state index in [9.17, 15) is 4.79 Å². The third-order valence-corrected chi connectivity index (χ3v) is 9.06. The summed E-state index contributed by atoms with van der Waals surface area (Å²) in [5, 5.41) is 0. The van der Waals surface area contributed by atoms with Crippen LogP contribution in [0.25, 0.3) is 0 Å². The van der Waals surface area contributed by atoms with Gasteiger partial charge in [0.25, 0.3) is 0 Å². The van der Waals surface area contributed by atoms with Gasteiger partial charge in [-0.1, -0.05) is 13.8 Å². The van der Waals surface area contributed by atoms with E-state index in [0.29, 0.717) is 47.0 Å². The van der Waals surface area contributed by atoms with Crippen LogP contribution < -0.4 is 14.2 Å². The average Bonchev–Trinajstić information content (AvgIpc) is 3.13. The Balaban J connectivity index is 1.22. The molecule has 9 nitrogen and oxygen atoms in total. The van der Waals surface area contributed by atoms with Crippen LogP contribution >= 0.6 is 0 Å². The lowest BCUT2D eigenvalue weighted by atomic mass is 9.57. The molecule has 1 aromatic rings. The molecule has 1 aromatic carbocycles. The Morgan fingerprint density at radius 1 is 1.00 bits per heavy atom. The molecule has 4 saturated heterocycles. The van der Waals surface area contributed by atoms with E-state index < -0.39 is 23.6 Å². The smallest absolute Gasteiger partial charge is 0.338 e. The van der Waals surface area contributed by atoms with E-state index >= 15 is 0 Å². The summed E-state index contributed by atoms with van der Waals surface area (Å²) in [6.45, 7) is 6.78. The normalized spacial score (nSPS) is 38.3. The molecule has 9 heteroatoms. The van der Waals surface area contributed by atoms with Crippen molar-refractivity contribution in [1.82, 2.24) is 0 Å². The van der Waals surface area contributed by atoms with Gasteiger partial charge in [-0.25, -0.2) is 14.6 Å². The van der Waals surface area contributed by atoms with E-state index in [-0.39, 0.29) is 18.6 Å². The molecule has 0 amide bonds. The van der Waals surface area contributed by atoms with Crippen LogP contribution in [0.4, 0.5) is 0 Å². The number of hydrogen-bond donors (Lipinski definition) is 0. The summed E-state index contributed by atoms with van der Waals surface area (Å²) < 4.78 is 34.7. The van der Waals surface area contributed by atoms with E-state index in [0.717, 1.165) is 25.7 Å². The molecule has 1 aliphatic carbocycles. The Kier molecular flexibility index (Phi) is 7.35. The standard InChI is InChI=1S/C28H40O9/c1-16-9-10-20-17(2)21(34-26-28(20)19(16)11-12-27(3,35-26)36-37-28)8-7-13-33-25(29)18-14-22(30-4)24(32-6)23(15-18)31-5/h14-17,19-21,26H,7-13H2,1-6H3/t16-,17-,19+,20+,21-,26?,27?,28-/m1/s1. The first kappa shape index (κ1) is 26.5. The fraction of sp³-hybridized carbons (Fsp3) is 0.750. The minimum atomic E-state index is -0.779. The summed E-state index contributed by atoms with van der Waals surface area (Å²) >= 11 is 0. The Labute approximate surface area is 218 Å². The zero-order chi connectivity index (χ0) is 26.4. The second-order valence-corrected chi connectivity index (χ2v) is 11.1. The number of hydrogen-bond acceptors (Lipinski definition) is 9. The highest BCUT2D eigenvalue weighted by molar-refractivity contribution is 5.91. The largest absolute Gasteiger partial charge is 0.493 e. The highest BCUT2D eigenvalue weighted by Gasteiger charge is 2.69. The van der Waals surface area contributed by atoms with Crippen molar-refractivity contribution >= 4 is 5.97 Å².